The van der Waals surface area contributed by atoms with Crippen LogP contribution in [-0.2, 0) is 19.1 Å². The quantitative estimate of drug-likeness (QED) is 0.526. The molecule has 3 N–H and O–H groups in total. The Hall–Kier alpha value is -2.16. The number of carbonyl (C=O) groups is 2. The van der Waals surface area contributed by atoms with Gasteiger partial charge in [0.2, 0.25) is 11.8 Å². The summed E-state index contributed by atoms with van der Waals surface area (Å²) in [6.07, 6.45) is 2.57. The molecule has 0 radical (unpaired) electrons. The molecule has 0 spiro atoms. The van der Waals surface area contributed by atoms with Crippen LogP contribution in [0.5, 0.6) is 5.75 Å². The summed E-state index contributed by atoms with van der Waals surface area (Å²) in [4.78, 5) is 24.4. The zero-order valence-corrected chi connectivity index (χ0v) is 17.3. The summed E-state index contributed by atoms with van der Waals surface area (Å²) in [6, 6.07) is 5.66. The average Bonchev–Trinajstić information content (AvgIpc) is 3.46. The summed E-state index contributed by atoms with van der Waals surface area (Å²) in [7, 11) is 1.59. The van der Waals surface area contributed by atoms with Crippen molar-refractivity contribution in [1.29, 1.82) is 0 Å². The molecule has 1 aromatic carbocycles. The number of hydrogen-bond acceptors (Lipinski definition) is 6. The minimum Gasteiger partial charge on any atom is -0.487 e. The molecule has 30 heavy (non-hydrogen) atoms. The van der Waals surface area contributed by atoms with Crippen LogP contribution in [0, 0.1) is 5.92 Å². The zero-order chi connectivity index (χ0) is 21.1. The molecule has 1 aromatic rings. The lowest BCUT2D eigenvalue weighted by Crippen LogP contribution is -2.47. The van der Waals surface area contributed by atoms with Crippen molar-refractivity contribution < 1.29 is 28.9 Å². The van der Waals surface area contributed by atoms with Crippen molar-refractivity contribution in [3.8, 4) is 5.75 Å². The molecule has 1 saturated carbocycles. The number of fused-ring (bicyclic) bond motifs is 3. The van der Waals surface area contributed by atoms with Crippen molar-refractivity contribution in [2.24, 2.45) is 5.92 Å². The third kappa shape index (κ3) is 4.94. The maximum Gasteiger partial charge on any atom is 0.224 e. The monoisotopic (exact) mass is 418 g/mol. The summed E-state index contributed by atoms with van der Waals surface area (Å²) < 4.78 is 17.0. The lowest BCUT2D eigenvalue weighted by atomic mass is 9.84. The molecule has 0 unspecified atom stereocenters. The second kappa shape index (κ2) is 9.32. The van der Waals surface area contributed by atoms with E-state index in [2.05, 4.69) is 10.6 Å². The van der Waals surface area contributed by atoms with E-state index in [4.69, 9.17) is 14.2 Å². The number of aliphatic hydroxyl groups is 1. The van der Waals surface area contributed by atoms with Gasteiger partial charge in [0.1, 0.15) is 18.0 Å². The highest BCUT2D eigenvalue weighted by Gasteiger charge is 2.46. The second-order valence-electron chi connectivity index (χ2n) is 8.40. The largest absolute Gasteiger partial charge is 0.487 e. The predicted molar refractivity (Wildman–Crippen MR) is 109 cm³/mol. The van der Waals surface area contributed by atoms with Crippen LogP contribution in [0.1, 0.15) is 43.6 Å². The Morgan fingerprint density at radius 2 is 2.07 bits per heavy atom. The van der Waals surface area contributed by atoms with Crippen LogP contribution in [-0.4, -0.2) is 62.1 Å². The average molecular weight is 418 g/mol. The fourth-order valence-corrected chi connectivity index (χ4v) is 4.33. The van der Waals surface area contributed by atoms with E-state index in [0.717, 1.165) is 29.8 Å². The molecule has 2 heterocycles. The van der Waals surface area contributed by atoms with E-state index in [1.807, 2.05) is 18.2 Å². The minimum atomic E-state index is -0.499. The van der Waals surface area contributed by atoms with Crippen LogP contribution >= 0.6 is 0 Å². The summed E-state index contributed by atoms with van der Waals surface area (Å²) >= 11 is 0. The van der Waals surface area contributed by atoms with Crippen molar-refractivity contribution in [3.05, 3.63) is 23.8 Å². The molecule has 4 rings (SSSR count). The molecule has 164 valence electrons. The summed E-state index contributed by atoms with van der Waals surface area (Å²) in [5.74, 6) is 1.22. The van der Waals surface area contributed by atoms with Crippen LogP contribution in [0.25, 0.3) is 0 Å². The number of carbonyl (C=O) groups excluding carboxylic acids is 2. The number of hydrogen-bond donors (Lipinski definition) is 3. The zero-order valence-electron chi connectivity index (χ0n) is 17.3. The van der Waals surface area contributed by atoms with E-state index in [-0.39, 0.29) is 43.0 Å². The van der Waals surface area contributed by atoms with Gasteiger partial charge in [-0.25, -0.2) is 0 Å². The van der Waals surface area contributed by atoms with Crippen LogP contribution in [0.2, 0.25) is 0 Å². The Morgan fingerprint density at radius 3 is 2.80 bits per heavy atom. The molecule has 2 amide bonds. The van der Waals surface area contributed by atoms with Crippen molar-refractivity contribution >= 4 is 17.5 Å². The van der Waals surface area contributed by atoms with Gasteiger partial charge in [-0.2, -0.15) is 0 Å². The Labute approximate surface area is 176 Å². The Morgan fingerprint density at radius 1 is 1.23 bits per heavy atom. The van der Waals surface area contributed by atoms with E-state index >= 15 is 0 Å². The van der Waals surface area contributed by atoms with E-state index in [0.29, 0.717) is 31.9 Å². The van der Waals surface area contributed by atoms with Crippen molar-refractivity contribution in [1.82, 2.24) is 5.32 Å². The smallest absolute Gasteiger partial charge is 0.224 e. The standard InChI is InChI=1S/C22H30N2O6/c1-28-7-6-23-20(26)11-15-10-17-16-9-14(24-21(27)8-13-2-3-13)4-5-18(16)30-22(17)19(12-25)29-15/h4-5,9,13,15,17,19,22,25H,2-3,6-8,10-12H2,1H3,(H,23,26)(H,24,27)/t15-,17-,19-,22+/m0/s1. The van der Waals surface area contributed by atoms with Crippen LogP contribution < -0.4 is 15.4 Å². The molecule has 8 nitrogen and oxygen atoms in total. The van der Waals surface area contributed by atoms with E-state index in [1.165, 1.54) is 0 Å². The van der Waals surface area contributed by atoms with Gasteiger partial charge in [-0.15, -0.1) is 0 Å². The Bertz CT molecular complexity index is 781. The normalized spacial score (nSPS) is 27.0. The van der Waals surface area contributed by atoms with Crippen LogP contribution in [0.15, 0.2) is 18.2 Å². The molecule has 2 aliphatic heterocycles. The third-order valence-electron chi connectivity index (χ3n) is 6.00. The van der Waals surface area contributed by atoms with Gasteiger partial charge in [-0.1, -0.05) is 0 Å². The van der Waals surface area contributed by atoms with Gasteiger partial charge < -0.3 is 30.0 Å². The molecule has 3 aliphatic rings. The van der Waals surface area contributed by atoms with Crippen LogP contribution in [0.4, 0.5) is 5.69 Å². The van der Waals surface area contributed by atoms with Gasteiger partial charge in [0, 0.05) is 37.2 Å². The van der Waals surface area contributed by atoms with Gasteiger partial charge in [-0.05, 0) is 43.4 Å². The van der Waals surface area contributed by atoms with Gasteiger partial charge >= 0.3 is 0 Å². The van der Waals surface area contributed by atoms with Crippen molar-refractivity contribution in [2.45, 2.75) is 56.3 Å². The van der Waals surface area contributed by atoms with Gasteiger partial charge in [0.05, 0.1) is 25.7 Å². The van der Waals surface area contributed by atoms with E-state index < -0.39 is 6.10 Å². The maximum absolute atomic E-state index is 12.2. The fraction of sp³-hybridized carbons (Fsp3) is 0.636. The number of anilines is 1. The predicted octanol–water partition coefficient (Wildman–Crippen LogP) is 1.57. The first kappa shape index (κ1) is 21.1. The highest BCUT2D eigenvalue weighted by molar-refractivity contribution is 5.91. The van der Waals surface area contributed by atoms with E-state index in [9.17, 15) is 14.7 Å². The fourth-order valence-electron chi connectivity index (χ4n) is 4.33. The number of methoxy groups -OCH3 is 1. The summed E-state index contributed by atoms with van der Waals surface area (Å²) in [5.41, 5.74) is 1.75. The van der Waals surface area contributed by atoms with Gasteiger partial charge in [-0.3, -0.25) is 9.59 Å². The van der Waals surface area contributed by atoms with E-state index in [1.54, 1.807) is 7.11 Å². The lowest BCUT2D eigenvalue weighted by molar-refractivity contribution is -0.142. The number of benzene rings is 1. The minimum absolute atomic E-state index is 0.00274. The highest BCUT2D eigenvalue weighted by atomic mass is 16.6. The second-order valence-corrected chi connectivity index (χ2v) is 8.40. The summed E-state index contributed by atoms with van der Waals surface area (Å²) in [6.45, 7) is 0.729. The van der Waals surface area contributed by atoms with Gasteiger partial charge in [0.15, 0.2) is 0 Å². The van der Waals surface area contributed by atoms with Crippen molar-refractivity contribution in [2.75, 3.05) is 32.2 Å². The molecule has 0 bridgehead atoms. The molecular weight excluding hydrogens is 388 g/mol. The number of aliphatic hydroxyl groups excluding tert-OH is 1. The molecule has 2 fully saturated rings. The Balaban J connectivity index is 1.43. The molecule has 1 aliphatic carbocycles. The third-order valence-corrected chi connectivity index (χ3v) is 6.00. The number of nitrogens with one attached hydrogen (secondary N) is 2. The van der Waals surface area contributed by atoms with Gasteiger partial charge in [0.25, 0.3) is 0 Å². The molecule has 4 atom stereocenters. The first-order valence-electron chi connectivity index (χ1n) is 10.7. The number of ether oxygens (including phenoxy) is 3. The number of rotatable bonds is 9. The topological polar surface area (TPSA) is 106 Å². The summed E-state index contributed by atoms with van der Waals surface area (Å²) in [5, 5.41) is 15.6. The molecule has 0 aromatic heterocycles. The highest BCUT2D eigenvalue weighted by Crippen LogP contribution is 2.47. The Kier molecular flexibility index (Phi) is 6.55. The first-order valence-corrected chi connectivity index (χ1v) is 10.7. The number of amides is 2. The van der Waals surface area contributed by atoms with Crippen molar-refractivity contribution in [3.63, 3.8) is 0 Å². The van der Waals surface area contributed by atoms with Crippen LogP contribution in [0.3, 0.4) is 0 Å². The molecule has 1 saturated heterocycles. The lowest BCUT2D eigenvalue weighted by Gasteiger charge is -2.37. The maximum atomic E-state index is 12.2. The first-order chi connectivity index (χ1) is 14.6. The SMILES string of the molecule is COCCNC(=O)C[C@@H]1C[C@H]2c3cc(NC(=O)CC4CC4)ccc3O[C@H]2[C@H](CO)O1. The molecular formula is C22H30N2O6. The molecule has 8 heteroatoms.